The van der Waals surface area contributed by atoms with Gasteiger partial charge in [0, 0.05) is 16.5 Å². The molecule has 0 aliphatic rings. The van der Waals surface area contributed by atoms with Gasteiger partial charge in [0.1, 0.15) is 34.5 Å². The molecule has 0 aliphatic carbocycles. The fourth-order valence-corrected chi connectivity index (χ4v) is 9.41. The van der Waals surface area contributed by atoms with Crippen LogP contribution in [0.5, 0.6) is 34.5 Å². The molecule has 0 bridgehead atoms. The zero-order valence-electron chi connectivity index (χ0n) is 30.4. The van der Waals surface area contributed by atoms with Gasteiger partial charge in [0.2, 0.25) is 0 Å². The lowest BCUT2D eigenvalue weighted by Gasteiger charge is -2.29. The minimum Gasteiger partial charge on any atom is -0.508 e. The lowest BCUT2D eigenvalue weighted by atomic mass is 9.77. The number of rotatable bonds is 12. The van der Waals surface area contributed by atoms with Crippen LogP contribution in [0.4, 0.5) is 0 Å². The molecule has 0 fully saturated rings. The summed E-state index contributed by atoms with van der Waals surface area (Å²) >= 11 is 0. The topological polar surface area (TPSA) is 112 Å². The number of benzene rings is 6. The van der Waals surface area contributed by atoms with E-state index >= 15 is 0 Å². The van der Waals surface area contributed by atoms with Crippen LogP contribution < -0.4 is 28.7 Å². The van der Waals surface area contributed by atoms with E-state index in [1.54, 1.807) is 72.8 Å². The van der Waals surface area contributed by atoms with Crippen LogP contribution in [0, 0.1) is 27.7 Å². The van der Waals surface area contributed by atoms with Crippen LogP contribution in [0.1, 0.15) is 47.2 Å². The van der Waals surface area contributed by atoms with Crippen LogP contribution in [0.3, 0.4) is 0 Å². The second-order valence-corrected chi connectivity index (χ2v) is 17.2. The molecular formula is C43H42O8P2. The Kier molecular flexibility index (Phi) is 10.5. The van der Waals surface area contributed by atoms with E-state index in [1.165, 1.54) is 12.1 Å². The minimum absolute atomic E-state index is 0.142. The maximum atomic E-state index is 14.7. The molecule has 6 aromatic carbocycles. The van der Waals surface area contributed by atoms with E-state index in [4.69, 9.17) is 18.1 Å². The summed E-state index contributed by atoms with van der Waals surface area (Å²) in [5.41, 5.74) is 2.91. The van der Waals surface area contributed by atoms with E-state index in [0.717, 1.165) is 22.3 Å². The second kappa shape index (κ2) is 14.9. The van der Waals surface area contributed by atoms with Crippen LogP contribution in [-0.2, 0) is 14.5 Å². The van der Waals surface area contributed by atoms with Gasteiger partial charge in [0.05, 0.1) is 10.6 Å². The monoisotopic (exact) mass is 748 g/mol. The van der Waals surface area contributed by atoms with Gasteiger partial charge in [0.15, 0.2) is 0 Å². The van der Waals surface area contributed by atoms with Crippen molar-refractivity contribution < 1.29 is 37.4 Å². The minimum atomic E-state index is -4.11. The smallest absolute Gasteiger partial charge is 0.462 e. The van der Waals surface area contributed by atoms with Crippen LogP contribution in [0.25, 0.3) is 0 Å². The third-order valence-electron chi connectivity index (χ3n) is 9.19. The molecule has 0 spiro atoms. The van der Waals surface area contributed by atoms with Crippen molar-refractivity contribution in [2.75, 3.05) is 0 Å². The molecule has 0 saturated heterocycles. The van der Waals surface area contributed by atoms with Crippen molar-refractivity contribution in [3.05, 3.63) is 167 Å². The predicted octanol–water partition coefficient (Wildman–Crippen LogP) is 10.6. The number of hydrogen-bond donors (Lipinski definition) is 2. The summed E-state index contributed by atoms with van der Waals surface area (Å²) in [6, 6.07) is 38.0. The van der Waals surface area contributed by atoms with Gasteiger partial charge in [-0.1, -0.05) is 98.8 Å². The molecule has 10 heteroatoms. The Balaban J connectivity index is 1.37. The molecular weight excluding hydrogens is 706 g/mol. The van der Waals surface area contributed by atoms with E-state index in [2.05, 4.69) is 0 Å². The van der Waals surface area contributed by atoms with E-state index in [9.17, 15) is 19.3 Å². The van der Waals surface area contributed by atoms with Crippen LogP contribution >= 0.6 is 15.2 Å². The third kappa shape index (κ3) is 7.85. The standard InChI is InChI=1S/C43H42O8P2/c1-29-15-7-11-19-39(29)48-52(46,49-40-20-12-8-16-30(40)2)33-23-25-35(37(44)27-33)43(5,6)36-26-24-34(28-38(36)45)53(47,50-41-21-13-9-17-31(41)3)51-42-22-14-10-18-32(42)4/h7-28,44-45H,1-6H3. The number of aromatic hydroxyl groups is 2. The summed E-state index contributed by atoms with van der Waals surface area (Å²) in [5, 5.41) is 23.4. The van der Waals surface area contributed by atoms with E-state index in [1.807, 2.05) is 90.1 Å². The number of phenols is 2. The fraction of sp³-hybridized carbons (Fsp3) is 0.163. The molecule has 0 atom stereocenters. The third-order valence-corrected chi connectivity index (χ3v) is 12.8. The summed E-state index contributed by atoms with van der Waals surface area (Å²) in [5.74, 6) is 1.16. The van der Waals surface area contributed by atoms with Crippen LogP contribution in [0.15, 0.2) is 133 Å². The zero-order chi connectivity index (χ0) is 38.0. The molecule has 6 rings (SSSR count). The molecule has 0 radical (unpaired) electrons. The van der Waals surface area contributed by atoms with Crippen molar-refractivity contribution in [2.24, 2.45) is 0 Å². The Morgan fingerprint density at radius 3 is 0.943 bits per heavy atom. The van der Waals surface area contributed by atoms with Gasteiger partial charge < -0.3 is 28.3 Å². The van der Waals surface area contributed by atoms with Gasteiger partial charge in [-0.15, -0.1) is 0 Å². The summed E-state index contributed by atoms with van der Waals surface area (Å²) < 4.78 is 53.9. The van der Waals surface area contributed by atoms with Crippen molar-refractivity contribution in [3.8, 4) is 34.5 Å². The summed E-state index contributed by atoms with van der Waals surface area (Å²) in [6.07, 6.45) is 0. The van der Waals surface area contributed by atoms with E-state index < -0.39 is 20.6 Å². The first-order chi connectivity index (χ1) is 25.2. The molecule has 0 aliphatic heterocycles. The van der Waals surface area contributed by atoms with Gasteiger partial charge in [0.25, 0.3) is 0 Å². The van der Waals surface area contributed by atoms with Gasteiger partial charge in [-0.05, 0) is 98.5 Å². The lowest BCUT2D eigenvalue weighted by Crippen LogP contribution is -2.23. The Hall–Kier alpha value is -5.42. The molecule has 53 heavy (non-hydrogen) atoms. The quantitative estimate of drug-likeness (QED) is 0.119. The Labute approximate surface area is 310 Å². The molecule has 0 unspecified atom stereocenters. The van der Waals surface area contributed by atoms with Gasteiger partial charge in [-0.2, -0.15) is 0 Å². The van der Waals surface area contributed by atoms with Crippen molar-refractivity contribution in [2.45, 2.75) is 47.0 Å². The molecule has 0 heterocycles. The number of hydrogen-bond acceptors (Lipinski definition) is 8. The lowest BCUT2D eigenvalue weighted by molar-refractivity contribution is 0.395. The fourth-order valence-electron chi connectivity index (χ4n) is 5.98. The highest BCUT2D eigenvalue weighted by Gasteiger charge is 2.38. The Morgan fingerprint density at radius 2 is 0.698 bits per heavy atom. The number of para-hydroxylation sites is 4. The van der Waals surface area contributed by atoms with Crippen LogP contribution in [-0.4, -0.2) is 10.2 Å². The average Bonchev–Trinajstić information content (AvgIpc) is 3.12. The SMILES string of the molecule is Cc1ccccc1OP(=O)(Oc1ccccc1C)c1ccc(C(C)(C)c2ccc(P(=O)(Oc3ccccc3C)Oc3ccccc3C)cc2O)c(O)c1. The van der Waals surface area contributed by atoms with E-state index in [-0.39, 0.29) is 22.1 Å². The van der Waals surface area contributed by atoms with Gasteiger partial charge >= 0.3 is 15.2 Å². The highest BCUT2D eigenvalue weighted by Crippen LogP contribution is 2.52. The van der Waals surface area contributed by atoms with Crippen LogP contribution in [0.2, 0.25) is 0 Å². The molecule has 0 aromatic heterocycles. The maximum Gasteiger partial charge on any atom is 0.462 e. The first-order valence-corrected chi connectivity index (χ1v) is 20.2. The Bertz CT molecular complexity index is 2120. The average molecular weight is 749 g/mol. The molecule has 272 valence electrons. The molecule has 6 aromatic rings. The summed E-state index contributed by atoms with van der Waals surface area (Å²) in [7, 11) is -8.22. The number of aryl methyl sites for hydroxylation is 4. The van der Waals surface area contributed by atoms with Crippen molar-refractivity contribution in [3.63, 3.8) is 0 Å². The normalized spacial score (nSPS) is 11.9. The second-order valence-electron chi connectivity index (χ2n) is 13.4. The van der Waals surface area contributed by atoms with Gasteiger partial charge in [-0.3, -0.25) is 0 Å². The molecule has 0 amide bonds. The van der Waals surface area contributed by atoms with Crippen molar-refractivity contribution >= 4 is 25.8 Å². The van der Waals surface area contributed by atoms with Gasteiger partial charge in [-0.25, -0.2) is 9.13 Å². The molecule has 0 saturated carbocycles. The predicted molar refractivity (Wildman–Crippen MR) is 210 cm³/mol. The first-order valence-electron chi connectivity index (χ1n) is 17.1. The zero-order valence-corrected chi connectivity index (χ0v) is 32.2. The summed E-state index contributed by atoms with van der Waals surface area (Å²) in [6.45, 7) is 11.0. The Morgan fingerprint density at radius 1 is 0.434 bits per heavy atom. The first kappa shape index (κ1) is 37.3. The highest BCUT2D eigenvalue weighted by atomic mass is 31.2. The maximum absolute atomic E-state index is 14.7. The summed E-state index contributed by atoms with van der Waals surface area (Å²) in [4.78, 5) is 0. The molecule has 8 nitrogen and oxygen atoms in total. The van der Waals surface area contributed by atoms with Crippen molar-refractivity contribution in [1.29, 1.82) is 0 Å². The molecule has 2 N–H and O–H groups in total. The van der Waals surface area contributed by atoms with Crippen molar-refractivity contribution in [1.82, 2.24) is 0 Å². The van der Waals surface area contributed by atoms with E-state index in [0.29, 0.717) is 34.1 Å². The largest absolute Gasteiger partial charge is 0.508 e. The highest BCUT2D eigenvalue weighted by molar-refractivity contribution is 7.63. The number of phenolic OH excluding ortho intramolecular Hbond substituents is 2.